The Balaban J connectivity index is 1.85. The SMILES string of the molecule is CSCCCNC(=O)[C@H]1CCC(=O)N(Cc2ccccn2)C1. The molecule has 1 atom stereocenters. The minimum Gasteiger partial charge on any atom is -0.356 e. The van der Waals surface area contributed by atoms with Crippen molar-refractivity contribution in [1.82, 2.24) is 15.2 Å². The van der Waals surface area contributed by atoms with Crippen LogP contribution in [0.1, 0.15) is 25.0 Å². The van der Waals surface area contributed by atoms with Crippen LogP contribution in [0.4, 0.5) is 0 Å². The number of carbonyl (C=O) groups is 2. The third-order valence-corrected chi connectivity index (χ3v) is 4.47. The predicted octanol–water partition coefficient (Wildman–Crippen LogP) is 1.69. The van der Waals surface area contributed by atoms with Crippen molar-refractivity contribution in [3.05, 3.63) is 30.1 Å². The van der Waals surface area contributed by atoms with Crippen LogP contribution in [0.5, 0.6) is 0 Å². The maximum atomic E-state index is 12.2. The number of hydrogen-bond acceptors (Lipinski definition) is 4. The fraction of sp³-hybridized carbons (Fsp3) is 0.562. The molecule has 1 aliphatic heterocycles. The number of nitrogens with zero attached hydrogens (tertiary/aromatic N) is 2. The van der Waals surface area contributed by atoms with E-state index >= 15 is 0 Å². The Morgan fingerprint density at radius 2 is 2.36 bits per heavy atom. The van der Waals surface area contributed by atoms with Gasteiger partial charge < -0.3 is 10.2 Å². The third kappa shape index (κ3) is 5.02. The van der Waals surface area contributed by atoms with Crippen molar-refractivity contribution in [3.8, 4) is 0 Å². The minimum atomic E-state index is -0.101. The maximum Gasteiger partial charge on any atom is 0.224 e. The van der Waals surface area contributed by atoms with Crippen molar-refractivity contribution in [3.63, 3.8) is 0 Å². The lowest BCUT2D eigenvalue weighted by molar-refractivity contribution is -0.138. The lowest BCUT2D eigenvalue weighted by Gasteiger charge is -2.31. The molecule has 0 unspecified atom stereocenters. The number of nitrogens with one attached hydrogen (secondary N) is 1. The average Bonchev–Trinajstić information content (AvgIpc) is 2.54. The molecule has 1 N–H and O–H groups in total. The van der Waals surface area contributed by atoms with Crippen molar-refractivity contribution >= 4 is 23.6 Å². The first kappa shape index (κ1) is 16.8. The predicted molar refractivity (Wildman–Crippen MR) is 88.4 cm³/mol. The zero-order valence-corrected chi connectivity index (χ0v) is 13.8. The first-order chi connectivity index (χ1) is 10.7. The van der Waals surface area contributed by atoms with Crippen molar-refractivity contribution < 1.29 is 9.59 Å². The largest absolute Gasteiger partial charge is 0.356 e. The Kier molecular flexibility index (Phi) is 6.71. The molecule has 1 aliphatic rings. The molecule has 0 spiro atoms. The molecule has 2 amide bonds. The summed E-state index contributed by atoms with van der Waals surface area (Å²) in [5.41, 5.74) is 0.858. The molecular weight excluding hydrogens is 298 g/mol. The highest BCUT2D eigenvalue weighted by atomic mass is 32.2. The molecule has 1 fully saturated rings. The Morgan fingerprint density at radius 3 is 3.09 bits per heavy atom. The molecular formula is C16H23N3O2S. The topological polar surface area (TPSA) is 62.3 Å². The Bertz CT molecular complexity index is 495. The summed E-state index contributed by atoms with van der Waals surface area (Å²) in [6.07, 6.45) is 5.85. The number of carbonyl (C=O) groups excluding carboxylic acids is 2. The van der Waals surface area contributed by atoms with Crippen LogP contribution in [0.2, 0.25) is 0 Å². The van der Waals surface area contributed by atoms with Crippen molar-refractivity contribution in [2.75, 3.05) is 25.1 Å². The van der Waals surface area contributed by atoms with Crippen LogP contribution in [-0.2, 0) is 16.1 Å². The fourth-order valence-electron chi connectivity index (χ4n) is 2.54. The Labute approximate surface area is 135 Å². The molecule has 0 bridgehead atoms. The molecule has 1 aromatic heterocycles. The van der Waals surface area contributed by atoms with Gasteiger partial charge in [-0.15, -0.1) is 0 Å². The number of thioether (sulfide) groups is 1. The second-order valence-corrected chi connectivity index (χ2v) is 6.45. The number of hydrogen-bond donors (Lipinski definition) is 1. The summed E-state index contributed by atoms with van der Waals surface area (Å²) >= 11 is 1.78. The molecule has 120 valence electrons. The van der Waals surface area contributed by atoms with E-state index in [1.54, 1.807) is 22.9 Å². The first-order valence-electron chi connectivity index (χ1n) is 7.65. The van der Waals surface area contributed by atoms with E-state index in [1.807, 2.05) is 18.2 Å². The van der Waals surface area contributed by atoms with E-state index in [2.05, 4.69) is 16.6 Å². The molecule has 6 heteroatoms. The zero-order valence-electron chi connectivity index (χ0n) is 13.0. The van der Waals surface area contributed by atoms with Crippen LogP contribution in [-0.4, -0.2) is 46.8 Å². The van der Waals surface area contributed by atoms with Gasteiger partial charge in [0.1, 0.15) is 0 Å². The number of aromatic nitrogens is 1. The van der Waals surface area contributed by atoms with E-state index in [9.17, 15) is 9.59 Å². The van der Waals surface area contributed by atoms with Crippen LogP contribution < -0.4 is 5.32 Å². The molecule has 0 aliphatic carbocycles. The molecule has 1 aromatic rings. The van der Waals surface area contributed by atoms with E-state index in [0.29, 0.717) is 32.5 Å². The fourth-order valence-corrected chi connectivity index (χ4v) is 2.97. The monoisotopic (exact) mass is 321 g/mol. The number of pyridine rings is 1. The Morgan fingerprint density at radius 1 is 1.50 bits per heavy atom. The summed E-state index contributed by atoms with van der Waals surface area (Å²) in [7, 11) is 0. The molecule has 1 saturated heterocycles. The standard InChI is InChI=1S/C16H23N3O2S/c1-22-10-4-9-18-16(21)13-6-7-15(20)19(11-13)12-14-5-2-3-8-17-14/h2-3,5,8,13H,4,6-7,9-12H2,1H3,(H,18,21)/t13-/m0/s1. The van der Waals surface area contributed by atoms with Gasteiger partial charge in [0.05, 0.1) is 18.2 Å². The summed E-state index contributed by atoms with van der Waals surface area (Å²) in [5, 5.41) is 2.98. The maximum absolute atomic E-state index is 12.2. The molecule has 2 rings (SSSR count). The third-order valence-electron chi connectivity index (χ3n) is 3.77. The highest BCUT2D eigenvalue weighted by molar-refractivity contribution is 7.98. The van der Waals surface area contributed by atoms with E-state index in [1.165, 1.54) is 0 Å². The van der Waals surface area contributed by atoms with Gasteiger partial charge in [-0.3, -0.25) is 14.6 Å². The van der Waals surface area contributed by atoms with Gasteiger partial charge >= 0.3 is 0 Å². The highest BCUT2D eigenvalue weighted by Crippen LogP contribution is 2.19. The molecule has 0 saturated carbocycles. The highest BCUT2D eigenvalue weighted by Gasteiger charge is 2.30. The smallest absolute Gasteiger partial charge is 0.224 e. The molecule has 0 radical (unpaired) electrons. The van der Waals surface area contributed by atoms with Crippen LogP contribution in [0.25, 0.3) is 0 Å². The summed E-state index contributed by atoms with van der Waals surface area (Å²) < 4.78 is 0. The average molecular weight is 321 g/mol. The Hall–Kier alpha value is -1.56. The summed E-state index contributed by atoms with van der Waals surface area (Å²) in [6.45, 7) is 1.68. The summed E-state index contributed by atoms with van der Waals surface area (Å²) in [6, 6.07) is 5.67. The van der Waals surface area contributed by atoms with Gasteiger partial charge in [-0.05, 0) is 37.0 Å². The van der Waals surface area contributed by atoms with Crippen LogP contribution in [0.3, 0.4) is 0 Å². The normalized spacial score (nSPS) is 18.3. The first-order valence-corrected chi connectivity index (χ1v) is 9.04. The van der Waals surface area contributed by atoms with Crippen LogP contribution >= 0.6 is 11.8 Å². The lowest BCUT2D eigenvalue weighted by atomic mass is 9.96. The number of piperidine rings is 1. The molecule has 0 aromatic carbocycles. The lowest BCUT2D eigenvalue weighted by Crippen LogP contribution is -2.45. The van der Waals surface area contributed by atoms with Gasteiger partial charge in [-0.25, -0.2) is 0 Å². The number of rotatable bonds is 7. The van der Waals surface area contributed by atoms with Gasteiger partial charge in [-0.1, -0.05) is 6.07 Å². The van der Waals surface area contributed by atoms with Gasteiger partial charge in [0.15, 0.2) is 0 Å². The van der Waals surface area contributed by atoms with E-state index in [0.717, 1.165) is 17.9 Å². The molecule has 5 nitrogen and oxygen atoms in total. The summed E-state index contributed by atoms with van der Waals surface area (Å²) in [5.74, 6) is 1.13. The quantitative estimate of drug-likeness (QED) is 0.776. The number of likely N-dealkylation sites (tertiary alicyclic amines) is 1. The van der Waals surface area contributed by atoms with E-state index < -0.39 is 0 Å². The van der Waals surface area contributed by atoms with Crippen molar-refractivity contribution in [1.29, 1.82) is 0 Å². The van der Waals surface area contributed by atoms with Gasteiger partial charge in [0.2, 0.25) is 11.8 Å². The van der Waals surface area contributed by atoms with E-state index in [-0.39, 0.29) is 17.7 Å². The second kappa shape index (κ2) is 8.78. The summed E-state index contributed by atoms with van der Waals surface area (Å²) in [4.78, 5) is 30.2. The van der Waals surface area contributed by atoms with Gasteiger partial charge in [0, 0.05) is 25.7 Å². The van der Waals surface area contributed by atoms with Gasteiger partial charge in [-0.2, -0.15) is 11.8 Å². The van der Waals surface area contributed by atoms with Crippen molar-refractivity contribution in [2.45, 2.75) is 25.8 Å². The zero-order chi connectivity index (χ0) is 15.8. The van der Waals surface area contributed by atoms with Gasteiger partial charge in [0.25, 0.3) is 0 Å². The van der Waals surface area contributed by atoms with E-state index in [4.69, 9.17) is 0 Å². The number of amides is 2. The molecule has 2 heterocycles. The minimum absolute atomic E-state index is 0.0691. The molecule has 22 heavy (non-hydrogen) atoms. The van der Waals surface area contributed by atoms with Crippen LogP contribution in [0, 0.1) is 5.92 Å². The second-order valence-electron chi connectivity index (χ2n) is 5.47. The van der Waals surface area contributed by atoms with Crippen molar-refractivity contribution in [2.24, 2.45) is 5.92 Å². The van der Waals surface area contributed by atoms with Crippen LogP contribution in [0.15, 0.2) is 24.4 Å².